The van der Waals surface area contributed by atoms with E-state index in [-0.39, 0.29) is 17.3 Å². The second-order valence-corrected chi connectivity index (χ2v) is 5.65. The first-order valence-corrected chi connectivity index (χ1v) is 6.54. The Bertz CT molecular complexity index is 183. The van der Waals surface area contributed by atoms with Crippen LogP contribution in [0.2, 0.25) is 0 Å². The summed E-state index contributed by atoms with van der Waals surface area (Å²) in [5, 5.41) is 12.2. The van der Waals surface area contributed by atoms with E-state index in [9.17, 15) is 9.90 Å². The molecule has 0 saturated heterocycles. The molecule has 90 valence electrons. The van der Waals surface area contributed by atoms with Crippen LogP contribution in [-0.2, 0) is 4.79 Å². The summed E-state index contributed by atoms with van der Waals surface area (Å²) in [7, 11) is 0. The summed E-state index contributed by atoms with van der Waals surface area (Å²) in [6.07, 6.45) is 0.654. The van der Waals surface area contributed by atoms with Crippen LogP contribution in [0.5, 0.6) is 0 Å². The Morgan fingerprint density at radius 2 is 1.93 bits per heavy atom. The molecule has 0 bridgehead atoms. The molecule has 1 amide bonds. The van der Waals surface area contributed by atoms with Crippen molar-refractivity contribution in [3.8, 4) is 0 Å². The van der Waals surface area contributed by atoms with Crippen LogP contribution in [0.1, 0.15) is 34.1 Å². The summed E-state index contributed by atoms with van der Waals surface area (Å²) in [6, 6.07) is 0. The van der Waals surface area contributed by atoms with Gasteiger partial charge in [-0.3, -0.25) is 4.79 Å². The van der Waals surface area contributed by atoms with Crippen molar-refractivity contribution in [1.29, 1.82) is 0 Å². The molecule has 0 aromatic heterocycles. The Kier molecular flexibility index (Phi) is 7.88. The topological polar surface area (TPSA) is 49.3 Å². The monoisotopic (exact) mass is 233 g/mol. The average Bonchev–Trinajstić information content (AvgIpc) is 2.13. The zero-order valence-electron chi connectivity index (χ0n) is 10.1. The lowest BCUT2D eigenvalue weighted by atomic mass is 10.1. The van der Waals surface area contributed by atoms with E-state index in [1.807, 2.05) is 6.92 Å². The predicted octanol–water partition coefficient (Wildman–Crippen LogP) is 1.65. The number of rotatable bonds is 7. The Morgan fingerprint density at radius 3 is 2.40 bits per heavy atom. The van der Waals surface area contributed by atoms with Gasteiger partial charge in [-0.15, -0.1) is 11.8 Å². The number of amides is 1. The fourth-order valence-electron chi connectivity index (χ4n) is 0.898. The minimum absolute atomic E-state index is 0.0631. The molecular weight excluding hydrogens is 210 g/mol. The molecule has 0 heterocycles. The van der Waals surface area contributed by atoms with Gasteiger partial charge in [-0.2, -0.15) is 0 Å². The first-order chi connectivity index (χ1) is 6.93. The Morgan fingerprint density at radius 1 is 1.33 bits per heavy atom. The van der Waals surface area contributed by atoms with E-state index in [4.69, 9.17) is 0 Å². The third-order valence-corrected chi connectivity index (χ3v) is 3.55. The molecule has 0 aliphatic rings. The van der Waals surface area contributed by atoms with Gasteiger partial charge in [0, 0.05) is 11.8 Å². The molecule has 0 saturated carbocycles. The summed E-state index contributed by atoms with van der Waals surface area (Å²) >= 11 is 1.49. The Labute approximate surface area is 97.0 Å². The van der Waals surface area contributed by atoms with Crippen LogP contribution in [-0.4, -0.2) is 34.7 Å². The van der Waals surface area contributed by atoms with Gasteiger partial charge >= 0.3 is 0 Å². The molecule has 0 spiro atoms. The third-order valence-electron chi connectivity index (χ3n) is 2.20. The van der Waals surface area contributed by atoms with Crippen molar-refractivity contribution in [2.24, 2.45) is 5.92 Å². The standard InChI is InChI=1S/C11H23NO2S/c1-8(2)5-6-12-11(14)7-15-10(4)9(3)13/h8-10,13H,5-7H2,1-4H3,(H,12,14). The fraction of sp³-hybridized carbons (Fsp3) is 0.909. The molecule has 3 nitrogen and oxygen atoms in total. The van der Waals surface area contributed by atoms with Crippen molar-refractivity contribution < 1.29 is 9.90 Å². The van der Waals surface area contributed by atoms with Crippen molar-refractivity contribution in [3.05, 3.63) is 0 Å². The SMILES string of the molecule is CC(C)CCNC(=O)CSC(C)C(C)O. The van der Waals surface area contributed by atoms with Crippen LogP contribution in [0.4, 0.5) is 0 Å². The maximum absolute atomic E-state index is 11.3. The number of hydrogen-bond acceptors (Lipinski definition) is 3. The molecule has 0 fully saturated rings. The lowest BCUT2D eigenvalue weighted by Gasteiger charge is -2.13. The molecule has 0 aliphatic carbocycles. The van der Waals surface area contributed by atoms with Gasteiger partial charge in [0.25, 0.3) is 0 Å². The molecule has 0 aromatic carbocycles. The molecule has 4 heteroatoms. The van der Waals surface area contributed by atoms with Crippen LogP contribution in [0, 0.1) is 5.92 Å². The zero-order valence-corrected chi connectivity index (χ0v) is 10.9. The number of aliphatic hydroxyl groups is 1. The number of thioether (sulfide) groups is 1. The van der Waals surface area contributed by atoms with Crippen molar-refractivity contribution in [3.63, 3.8) is 0 Å². The lowest BCUT2D eigenvalue weighted by Crippen LogP contribution is -2.28. The van der Waals surface area contributed by atoms with E-state index in [1.54, 1.807) is 6.92 Å². The largest absolute Gasteiger partial charge is 0.392 e. The summed E-state index contributed by atoms with van der Waals surface area (Å²) in [4.78, 5) is 11.3. The van der Waals surface area contributed by atoms with E-state index in [1.165, 1.54) is 11.8 Å². The van der Waals surface area contributed by atoms with Gasteiger partial charge in [0.1, 0.15) is 0 Å². The molecule has 0 aliphatic heterocycles. The summed E-state index contributed by atoms with van der Waals surface area (Å²) in [6.45, 7) is 8.69. The number of nitrogens with one attached hydrogen (secondary N) is 1. The van der Waals surface area contributed by atoms with E-state index < -0.39 is 0 Å². The van der Waals surface area contributed by atoms with Gasteiger partial charge in [0.05, 0.1) is 11.9 Å². The quantitative estimate of drug-likeness (QED) is 0.703. The smallest absolute Gasteiger partial charge is 0.230 e. The maximum Gasteiger partial charge on any atom is 0.230 e. The molecule has 15 heavy (non-hydrogen) atoms. The highest BCUT2D eigenvalue weighted by molar-refractivity contribution is 8.00. The second-order valence-electron chi connectivity index (χ2n) is 4.29. The fourth-order valence-corrected chi connectivity index (χ4v) is 1.69. The molecule has 0 radical (unpaired) electrons. The highest BCUT2D eigenvalue weighted by Gasteiger charge is 2.11. The van der Waals surface area contributed by atoms with Gasteiger partial charge in [0.15, 0.2) is 0 Å². The Balaban J connectivity index is 3.49. The highest BCUT2D eigenvalue weighted by Crippen LogP contribution is 2.13. The van der Waals surface area contributed by atoms with Gasteiger partial charge < -0.3 is 10.4 Å². The summed E-state index contributed by atoms with van der Waals surface area (Å²) < 4.78 is 0. The minimum Gasteiger partial charge on any atom is -0.392 e. The van der Waals surface area contributed by atoms with Crippen LogP contribution in [0.15, 0.2) is 0 Å². The first kappa shape index (κ1) is 14.8. The normalized spacial score (nSPS) is 15.1. The summed E-state index contributed by atoms with van der Waals surface area (Å²) in [5.74, 6) is 1.12. The minimum atomic E-state index is -0.363. The molecule has 2 atom stereocenters. The molecule has 2 N–H and O–H groups in total. The van der Waals surface area contributed by atoms with E-state index in [0.717, 1.165) is 13.0 Å². The van der Waals surface area contributed by atoms with E-state index >= 15 is 0 Å². The number of carbonyl (C=O) groups is 1. The van der Waals surface area contributed by atoms with Crippen LogP contribution in [0.25, 0.3) is 0 Å². The average molecular weight is 233 g/mol. The van der Waals surface area contributed by atoms with E-state index in [0.29, 0.717) is 11.7 Å². The van der Waals surface area contributed by atoms with Crippen molar-refractivity contribution in [1.82, 2.24) is 5.32 Å². The van der Waals surface area contributed by atoms with Crippen LogP contribution in [0.3, 0.4) is 0 Å². The van der Waals surface area contributed by atoms with Crippen molar-refractivity contribution in [2.45, 2.75) is 45.5 Å². The van der Waals surface area contributed by atoms with Gasteiger partial charge in [0.2, 0.25) is 5.91 Å². The van der Waals surface area contributed by atoms with Crippen molar-refractivity contribution in [2.75, 3.05) is 12.3 Å². The third kappa shape index (κ3) is 8.75. The van der Waals surface area contributed by atoms with Gasteiger partial charge in [-0.05, 0) is 19.3 Å². The molecule has 2 unspecified atom stereocenters. The highest BCUT2D eigenvalue weighted by atomic mass is 32.2. The first-order valence-electron chi connectivity index (χ1n) is 5.49. The molecular formula is C11H23NO2S. The molecule has 0 aromatic rings. The second kappa shape index (κ2) is 7.99. The van der Waals surface area contributed by atoms with E-state index in [2.05, 4.69) is 19.2 Å². The molecule has 0 rings (SSSR count). The number of carbonyl (C=O) groups excluding carboxylic acids is 1. The lowest BCUT2D eigenvalue weighted by molar-refractivity contribution is -0.118. The van der Waals surface area contributed by atoms with Gasteiger partial charge in [-0.25, -0.2) is 0 Å². The predicted molar refractivity (Wildman–Crippen MR) is 66.1 cm³/mol. The maximum atomic E-state index is 11.3. The number of hydrogen-bond donors (Lipinski definition) is 2. The Hall–Kier alpha value is -0.220. The van der Waals surface area contributed by atoms with Crippen LogP contribution < -0.4 is 5.32 Å². The summed E-state index contributed by atoms with van der Waals surface area (Å²) in [5.41, 5.74) is 0. The van der Waals surface area contributed by atoms with Gasteiger partial charge in [-0.1, -0.05) is 20.8 Å². The van der Waals surface area contributed by atoms with Crippen molar-refractivity contribution >= 4 is 17.7 Å². The zero-order chi connectivity index (χ0) is 11.8. The number of aliphatic hydroxyl groups excluding tert-OH is 1. The van der Waals surface area contributed by atoms with Crippen LogP contribution >= 0.6 is 11.8 Å².